The highest BCUT2D eigenvalue weighted by Crippen LogP contribution is 2.27. The minimum Gasteiger partial charge on any atom is -0.481 e. The van der Waals surface area contributed by atoms with Crippen molar-refractivity contribution in [2.75, 3.05) is 0 Å². The van der Waals surface area contributed by atoms with E-state index in [0.29, 0.717) is 5.56 Å². The molecule has 0 heterocycles. The lowest BCUT2D eigenvalue weighted by atomic mass is 9.94. The summed E-state index contributed by atoms with van der Waals surface area (Å²) in [5, 5.41) is 18.5. The van der Waals surface area contributed by atoms with Gasteiger partial charge in [-0.3, -0.25) is 4.79 Å². The number of aliphatic hydroxyl groups is 1. The monoisotopic (exact) mass is 246 g/mol. The molecule has 16 heavy (non-hydrogen) atoms. The molecule has 0 aliphatic heterocycles. The molecule has 2 unspecified atom stereocenters. The number of aliphatic hydroxyl groups excluding tert-OH is 1. The maximum atomic E-state index is 12.9. The number of hydrogen-bond donors (Lipinski definition) is 2. The van der Waals surface area contributed by atoms with Gasteiger partial charge >= 0.3 is 5.97 Å². The third kappa shape index (κ3) is 2.71. The fourth-order valence-corrected chi connectivity index (χ4v) is 1.65. The molecular formula is C11H12ClFO3. The predicted molar refractivity (Wildman–Crippen MR) is 57.8 cm³/mol. The van der Waals surface area contributed by atoms with Crippen LogP contribution in [0.5, 0.6) is 0 Å². The molecule has 0 bridgehead atoms. The SMILES string of the molecule is CCC(C(=O)O)C(O)c1ccc(F)c(Cl)c1. The zero-order valence-corrected chi connectivity index (χ0v) is 9.41. The van der Waals surface area contributed by atoms with Crippen molar-refractivity contribution in [1.29, 1.82) is 0 Å². The zero-order valence-electron chi connectivity index (χ0n) is 8.65. The Bertz CT molecular complexity index is 395. The van der Waals surface area contributed by atoms with Crippen LogP contribution in [-0.4, -0.2) is 16.2 Å². The van der Waals surface area contributed by atoms with Gasteiger partial charge in [-0.2, -0.15) is 0 Å². The second kappa shape index (κ2) is 5.27. The lowest BCUT2D eigenvalue weighted by Crippen LogP contribution is -2.21. The van der Waals surface area contributed by atoms with Gasteiger partial charge in [0.2, 0.25) is 0 Å². The Hall–Kier alpha value is -1.13. The number of carboxylic acid groups (broad SMARTS) is 1. The molecule has 0 radical (unpaired) electrons. The van der Waals surface area contributed by atoms with Crippen LogP contribution in [0.4, 0.5) is 4.39 Å². The summed E-state index contributed by atoms with van der Waals surface area (Å²) >= 11 is 5.55. The summed E-state index contributed by atoms with van der Waals surface area (Å²) in [7, 11) is 0. The van der Waals surface area contributed by atoms with Crippen LogP contribution in [0.1, 0.15) is 25.0 Å². The molecule has 1 aromatic carbocycles. The average molecular weight is 247 g/mol. The van der Waals surface area contributed by atoms with E-state index in [9.17, 15) is 14.3 Å². The summed E-state index contributed by atoms with van der Waals surface area (Å²) in [6.45, 7) is 1.66. The van der Waals surface area contributed by atoms with Crippen LogP contribution in [0.15, 0.2) is 18.2 Å². The Kier molecular flexibility index (Phi) is 4.26. The molecule has 1 aromatic rings. The fourth-order valence-electron chi connectivity index (χ4n) is 1.46. The van der Waals surface area contributed by atoms with Gasteiger partial charge in [-0.25, -0.2) is 4.39 Å². The number of rotatable bonds is 4. The summed E-state index contributed by atoms with van der Waals surface area (Å²) in [4.78, 5) is 10.8. The fraction of sp³-hybridized carbons (Fsp3) is 0.364. The Morgan fingerprint density at radius 2 is 2.19 bits per heavy atom. The van der Waals surface area contributed by atoms with E-state index in [-0.39, 0.29) is 11.4 Å². The quantitative estimate of drug-likeness (QED) is 0.859. The van der Waals surface area contributed by atoms with E-state index in [0.717, 1.165) is 6.07 Å². The summed E-state index contributed by atoms with van der Waals surface area (Å²) in [5.41, 5.74) is 0.306. The largest absolute Gasteiger partial charge is 0.481 e. The third-order valence-corrected chi connectivity index (χ3v) is 2.71. The second-order valence-corrected chi connectivity index (χ2v) is 3.88. The van der Waals surface area contributed by atoms with Gasteiger partial charge < -0.3 is 10.2 Å². The highest BCUT2D eigenvalue weighted by atomic mass is 35.5. The summed E-state index contributed by atoms with van der Waals surface area (Å²) in [5.74, 6) is -2.60. The van der Waals surface area contributed by atoms with Crippen molar-refractivity contribution in [2.45, 2.75) is 19.4 Å². The first-order valence-corrected chi connectivity index (χ1v) is 5.21. The summed E-state index contributed by atoms with van der Waals surface area (Å²) in [6.07, 6.45) is -0.897. The Labute approximate surface area is 97.5 Å². The number of aliphatic carboxylic acids is 1. The number of carboxylic acids is 1. The van der Waals surface area contributed by atoms with E-state index in [1.165, 1.54) is 12.1 Å². The first-order valence-electron chi connectivity index (χ1n) is 4.83. The molecule has 0 saturated carbocycles. The first-order chi connectivity index (χ1) is 7.47. The molecule has 0 aliphatic rings. The lowest BCUT2D eigenvalue weighted by molar-refractivity contribution is -0.146. The number of carbonyl (C=O) groups is 1. The topological polar surface area (TPSA) is 57.5 Å². The first kappa shape index (κ1) is 12.9. The zero-order chi connectivity index (χ0) is 12.3. The Balaban J connectivity index is 2.99. The molecule has 0 amide bonds. The maximum Gasteiger partial charge on any atom is 0.309 e. The highest BCUT2D eigenvalue weighted by molar-refractivity contribution is 6.30. The minimum atomic E-state index is -1.18. The van der Waals surface area contributed by atoms with E-state index in [2.05, 4.69) is 0 Å². The van der Waals surface area contributed by atoms with Crippen molar-refractivity contribution in [3.05, 3.63) is 34.6 Å². The Morgan fingerprint density at radius 1 is 1.56 bits per heavy atom. The number of hydrogen-bond acceptors (Lipinski definition) is 2. The van der Waals surface area contributed by atoms with E-state index >= 15 is 0 Å². The maximum absolute atomic E-state index is 12.9. The van der Waals surface area contributed by atoms with Crippen molar-refractivity contribution < 1.29 is 19.4 Å². The molecule has 5 heteroatoms. The molecule has 88 valence electrons. The highest BCUT2D eigenvalue weighted by Gasteiger charge is 2.26. The van der Waals surface area contributed by atoms with Crippen LogP contribution in [0, 0.1) is 11.7 Å². The van der Waals surface area contributed by atoms with Gasteiger partial charge in [0.05, 0.1) is 17.0 Å². The summed E-state index contributed by atoms with van der Waals surface area (Å²) < 4.78 is 12.9. The van der Waals surface area contributed by atoms with Crippen LogP contribution in [-0.2, 0) is 4.79 Å². The van der Waals surface area contributed by atoms with Crippen molar-refractivity contribution >= 4 is 17.6 Å². The minimum absolute atomic E-state index is 0.128. The molecule has 0 aromatic heterocycles. The molecule has 0 spiro atoms. The molecule has 0 aliphatic carbocycles. The smallest absolute Gasteiger partial charge is 0.309 e. The van der Waals surface area contributed by atoms with Crippen LogP contribution in [0.3, 0.4) is 0 Å². The van der Waals surface area contributed by atoms with Gasteiger partial charge in [0, 0.05) is 0 Å². The molecule has 0 fully saturated rings. The van der Waals surface area contributed by atoms with Crippen molar-refractivity contribution in [3.63, 3.8) is 0 Å². The van der Waals surface area contributed by atoms with Gasteiger partial charge in [0.15, 0.2) is 0 Å². The van der Waals surface area contributed by atoms with Crippen molar-refractivity contribution in [3.8, 4) is 0 Å². The van der Waals surface area contributed by atoms with Crippen LogP contribution < -0.4 is 0 Å². The van der Waals surface area contributed by atoms with E-state index < -0.39 is 23.8 Å². The molecule has 1 rings (SSSR count). The average Bonchev–Trinajstić information content (AvgIpc) is 2.22. The standard InChI is InChI=1S/C11H12ClFO3/c1-2-7(11(15)16)10(14)6-3-4-9(13)8(12)5-6/h3-5,7,10,14H,2H2,1H3,(H,15,16). The van der Waals surface area contributed by atoms with Gasteiger partial charge in [0.1, 0.15) is 5.82 Å². The lowest BCUT2D eigenvalue weighted by Gasteiger charge is -2.18. The Morgan fingerprint density at radius 3 is 2.62 bits per heavy atom. The molecule has 2 atom stereocenters. The van der Waals surface area contributed by atoms with Crippen LogP contribution in [0.2, 0.25) is 5.02 Å². The van der Waals surface area contributed by atoms with E-state index in [1.54, 1.807) is 6.92 Å². The molecular weight excluding hydrogens is 235 g/mol. The molecule has 2 N–H and O–H groups in total. The van der Waals surface area contributed by atoms with Crippen molar-refractivity contribution in [1.82, 2.24) is 0 Å². The van der Waals surface area contributed by atoms with Crippen LogP contribution in [0.25, 0.3) is 0 Å². The predicted octanol–water partition coefficient (Wildman–Crippen LogP) is 2.62. The van der Waals surface area contributed by atoms with Crippen LogP contribution >= 0.6 is 11.6 Å². The number of halogens is 2. The van der Waals surface area contributed by atoms with Gasteiger partial charge in [0.25, 0.3) is 0 Å². The normalized spacial score (nSPS) is 14.5. The van der Waals surface area contributed by atoms with Gasteiger partial charge in [-0.1, -0.05) is 24.6 Å². The second-order valence-electron chi connectivity index (χ2n) is 3.47. The number of benzene rings is 1. The molecule has 3 nitrogen and oxygen atoms in total. The van der Waals surface area contributed by atoms with E-state index in [1.807, 2.05) is 0 Å². The van der Waals surface area contributed by atoms with E-state index in [4.69, 9.17) is 16.7 Å². The van der Waals surface area contributed by atoms with Crippen molar-refractivity contribution in [2.24, 2.45) is 5.92 Å². The van der Waals surface area contributed by atoms with Gasteiger partial charge in [-0.15, -0.1) is 0 Å². The third-order valence-electron chi connectivity index (χ3n) is 2.42. The van der Waals surface area contributed by atoms with Gasteiger partial charge in [-0.05, 0) is 24.1 Å². The molecule has 0 saturated heterocycles. The summed E-state index contributed by atoms with van der Waals surface area (Å²) in [6, 6.07) is 3.68.